The molecule has 3 N–H and O–H groups in total. The van der Waals surface area contributed by atoms with Gasteiger partial charge in [0.2, 0.25) is 0 Å². The predicted molar refractivity (Wildman–Crippen MR) is 131 cm³/mol. The van der Waals surface area contributed by atoms with Crippen LogP contribution in [0.2, 0.25) is 0 Å². The molecule has 2 amide bonds. The maximum Gasteiger partial charge on any atom is 0.411 e. The van der Waals surface area contributed by atoms with E-state index < -0.39 is 12.1 Å². The largest absolute Gasteiger partial charge is 0.481 e. The first-order chi connectivity index (χ1) is 16.9. The average Bonchev–Trinajstić information content (AvgIpc) is 3.16. The van der Waals surface area contributed by atoms with Crippen molar-refractivity contribution in [3.63, 3.8) is 0 Å². The smallest absolute Gasteiger partial charge is 0.411 e. The third-order valence-electron chi connectivity index (χ3n) is 6.03. The number of aliphatic carboxylic acids is 1. The van der Waals surface area contributed by atoms with Gasteiger partial charge in [-0.15, -0.1) is 0 Å². The Bertz CT molecular complexity index is 1180. The summed E-state index contributed by atoms with van der Waals surface area (Å²) in [6, 6.07) is 19.3. The molecule has 1 aromatic heterocycles. The SMILES string of the molecule is CC(CCNC(=O)c1ccc(NC(=O)OCC2c3ccccc3-c3ccccc32)cn1)CC(=O)O. The number of fused-ring (bicyclic) bond motifs is 3. The summed E-state index contributed by atoms with van der Waals surface area (Å²) in [5.41, 5.74) is 5.20. The Kier molecular flexibility index (Phi) is 7.40. The van der Waals surface area contributed by atoms with E-state index in [9.17, 15) is 14.4 Å². The number of anilines is 1. The van der Waals surface area contributed by atoms with Gasteiger partial charge in [0.1, 0.15) is 12.3 Å². The van der Waals surface area contributed by atoms with Crippen LogP contribution in [-0.2, 0) is 9.53 Å². The van der Waals surface area contributed by atoms with Gasteiger partial charge < -0.3 is 15.2 Å². The van der Waals surface area contributed by atoms with Gasteiger partial charge in [0, 0.05) is 18.9 Å². The van der Waals surface area contributed by atoms with Crippen LogP contribution in [-0.4, -0.2) is 41.2 Å². The fourth-order valence-electron chi connectivity index (χ4n) is 4.28. The topological polar surface area (TPSA) is 118 Å². The summed E-state index contributed by atoms with van der Waals surface area (Å²) in [4.78, 5) is 39.4. The second kappa shape index (κ2) is 10.8. The van der Waals surface area contributed by atoms with Crippen molar-refractivity contribution in [3.8, 4) is 11.1 Å². The lowest BCUT2D eigenvalue weighted by molar-refractivity contribution is -0.138. The number of nitrogens with one attached hydrogen (secondary N) is 2. The van der Waals surface area contributed by atoms with Crippen molar-refractivity contribution in [1.82, 2.24) is 10.3 Å². The molecule has 0 aliphatic heterocycles. The number of nitrogens with zero attached hydrogens (tertiary/aromatic N) is 1. The minimum Gasteiger partial charge on any atom is -0.481 e. The van der Waals surface area contributed by atoms with Gasteiger partial charge in [0.05, 0.1) is 11.9 Å². The molecule has 2 aromatic carbocycles. The van der Waals surface area contributed by atoms with E-state index >= 15 is 0 Å². The van der Waals surface area contributed by atoms with Crippen molar-refractivity contribution in [2.24, 2.45) is 5.92 Å². The van der Waals surface area contributed by atoms with Crippen molar-refractivity contribution in [2.45, 2.75) is 25.7 Å². The number of ether oxygens (including phenoxy) is 1. The fraction of sp³-hybridized carbons (Fsp3) is 0.259. The van der Waals surface area contributed by atoms with Gasteiger partial charge >= 0.3 is 12.1 Å². The van der Waals surface area contributed by atoms with Crippen LogP contribution in [0.3, 0.4) is 0 Å². The molecule has 180 valence electrons. The van der Waals surface area contributed by atoms with E-state index in [2.05, 4.69) is 39.9 Å². The minimum absolute atomic E-state index is 0.0319. The number of carboxylic acids is 1. The van der Waals surface area contributed by atoms with E-state index in [4.69, 9.17) is 9.84 Å². The van der Waals surface area contributed by atoms with Gasteiger partial charge in [-0.2, -0.15) is 0 Å². The first kappa shape index (κ1) is 23.9. The van der Waals surface area contributed by atoms with Gasteiger partial charge in [-0.3, -0.25) is 14.9 Å². The highest BCUT2D eigenvalue weighted by Gasteiger charge is 2.29. The van der Waals surface area contributed by atoms with Crippen LogP contribution in [0.15, 0.2) is 66.9 Å². The molecule has 0 spiro atoms. The number of hydrogen-bond donors (Lipinski definition) is 3. The zero-order valence-electron chi connectivity index (χ0n) is 19.4. The van der Waals surface area contributed by atoms with Crippen molar-refractivity contribution in [2.75, 3.05) is 18.5 Å². The lowest BCUT2D eigenvalue weighted by Crippen LogP contribution is -2.26. The highest BCUT2D eigenvalue weighted by Crippen LogP contribution is 2.44. The fourth-order valence-corrected chi connectivity index (χ4v) is 4.28. The van der Waals surface area contributed by atoms with Crippen molar-refractivity contribution < 1.29 is 24.2 Å². The van der Waals surface area contributed by atoms with Gasteiger partial charge in [-0.25, -0.2) is 9.78 Å². The summed E-state index contributed by atoms with van der Waals surface area (Å²) in [6.45, 7) is 2.38. The van der Waals surface area contributed by atoms with Crippen LogP contribution in [0.25, 0.3) is 11.1 Å². The quantitative estimate of drug-likeness (QED) is 0.416. The number of pyridine rings is 1. The van der Waals surface area contributed by atoms with E-state index in [0.29, 0.717) is 18.7 Å². The predicted octanol–water partition coefficient (Wildman–Crippen LogP) is 4.67. The Morgan fingerprint density at radius 1 is 1.00 bits per heavy atom. The normalized spacial score (nSPS) is 12.8. The molecule has 8 nitrogen and oxygen atoms in total. The molecule has 4 rings (SSSR count). The summed E-state index contributed by atoms with van der Waals surface area (Å²) < 4.78 is 5.53. The molecule has 0 saturated heterocycles. The minimum atomic E-state index is -0.856. The Balaban J connectivity index is 1.28. The monoisotopic (exact) mass is 473 g/mol. The molecule has 0 bridgehead atoms. The van der Waals surface area contributed by atoms with Crippen LogP contribution in [0, 0.1) is 5.92 Å². The molecule has 1 heterocycles. The maximum atomic E-state index is 12.4. The highest BCUT2D eigenvalue weighted by molar-refractivity contribution is 5.93. The van der Waals surface area contributed by atoms with Gasteiger partial charge in [-0.1, -0.05) is 55.5 Å². The Labute approximate surface area is 203 Å². The molecule has 1 unspecified atom stereocenters. The molecular weight excluding hydrogens is 446 g/mol. The second-order valence-electron chi connectivity index (χ2n) is 8.63. The molecule has 0 radical (unpaired) electrons. The van der Waals surface area contributed by atoms with Crippen LogP contribution in [0.1, 0.15) is 47.3 Å². The van der Waals surface area contributed by atoms with Crippen LogP contribution in [0.4, 0.5) is 10.5 Å². The number of carboxylic acid groups (broad SMARTS) is 1. The third kappa shape index (κ3) is 5.84. The maximum absolute atomic E-state index is 12.4. The number of benzene rings is 2. The molecule has 35 heavy (non-hydrogen) atoms. The summed E-state index contributed by atoms with van der Waals surface area (Å²) >= 11 is 0. The summed E-state index contributed by atoms with van der Waals surface area (Å²) in [5, 5.41) is 14.2. The van der Waals surface area contributed by atoms with Crippen molar-refractivity contribution >= 4 is 23.7 Å². The second-order valence-corrected chi connectivity index (χ2v) is 8.63. The highest BCUT2D eigenvalue weighted by atomic mass is 16.5. The first-order valence-corrected chi connectivity index (χ1v) is 11.5. The zero-order chi connectivity index (χ0) is 24.8. The van der Waals surface area contributed by atoms with E-state index in [0.717, 1.165) is 22.3 Å². The molecule has 1 aliphatic rings. The number of carbonyl (C=O) groups excluding carboxylic acids is 2. The average molecular weight is 474 g/mol. The van der Waals surface area contributed by atoms with Crippen LogP contribution in [0.5, 0.6) is 0 Å². The summed E-state index contributed by atoms with van der Waals surface area (Å²) in [7, 11) is 0. The molecule has 8 heteroatoms. The first-order valence-electron chi connectivity index (χ1n) is 11.5. The Morgan fingerprint density at radius 3 is 2.26 bits per heavy atom. The standard InChI is InChI=1S/C27H27N3O5/c1-17(14-25(31)32)12-13-28-26(33)24-11-10-18(15-29-24)30-27(34)35-16-23-21-8-4-2-6-19(21)20-7-3-5-9-22(20)23/h2-11,15,17,23H,12-14,16H2,1H3,(H,28,33)(H,30,34)(H,31,32). The van der Waals surface area contributed by atoms with Gasteiger partial charge in [0.15, 0.2) is 0 Å². The number of hydrogen-bond acceptors (Lipinski definition) is 5. The molecule has 1 atom stereocenters. The zero-order valence-corrected chi connectivity index (χ0v) is 19.4. The molecule has 1 aliphatic carbocycles. The van der Waals surface area contributed by atoms with E-state index in [1.165, 1.54) is 12.3 Å². The Hall–Kier alpha value is -4.20. The molecule has 0 fully saturated rings. The number of rotatable bonds is 9. The van der Waals surface area contributed by atoms with Crippen molar-refractivity contribution in [1.29, 1.82) is 0 Å². The lowest BCUT2D eigenvalue weighted by atomic mass is 9.98. The van der Waals surface area contributed by atoms with Gasteiger partial charge in [-0.05, 0) is 46.7 Å². The summed E-state index contributed by atoms with van der Waals surface area (Å²) in [5.74, 6) is -1.29. The summed E-state index contributed by atoms with van der Waals surface area (Å²) in [6.07, 6.45) is 1.41. The van der Waals surface area contributed by atoms with Gasteiger partial charge in [0.25, 0.3) is 5.91 Å². The number of carbonyl (C=O) groups is 3. The molecule has 3 aromatic rings. The number of amides is 2. The third-order valence-corrected chi connectivity index (χ3v) is 6.03. The molecular formula is C27H27N3O5. The van der Waals surface area contributed by atoms with Crippen LogP contribution < -0.4 is 10.6 Å². The van der Waals surface area contributed by atoms with E-state index in [1.807, 2.05) is 31.2 Å². The molecule has 0 saturated carbocycles. The lowest BCUT2D eigenvalue weighted by Gasteiger charge is -2.14. The van der Waals surface area contributed by atoms with Crippen molar-refractivity contribution in [3.05, 3.63) is 83.7 Å². The van der Waals surface area contributed by atoms with E-state index in [1.54, 1.807) is 6.07 Å². The van der Waals surface area contributed by atoms with E-state index in [-0.39, 0.29) is 36.5 Å². The van der Waals surface area contributed by atoms with Crippen LogP contribution >= 0.6 is 0 Å². The Morgan fingerprint density at radius 2 is 1.66 bits per heavy atom. The number of aromatic nitrogens is 1.